The number of aromatic amines is 1. The molecule has 2 atom stereocenters. The van der Waals surface area contributed by atoms with Crippen LogP contribution in [0.2, 0.25) is 0 Å². The number of aryl methyl sites for hydroxylation is 2. The van der Waals surface area contributed by atoms with Crippen LogP contribution in [0.15, 0.2) is 35.2 Å². The number of aromatic nitrogens is 2. The molecular formula is C15H20N4O2S. The first-order chi connectivity index (χ1) is 10.4. The maximum atomic E-state index is 12.9. The summed E-state index contributed by atoms with van der Waals surface area (Å²) in [5, 5.41) is 6.72. The second-order valence-electron chi connectivity index (χ2n) is 5.77. The number of hydrogen-bond donors (Lipinski definition) is 2. The molecule has 1 fully saturated rings. The Kier molecular flexibility index (Phi) is 3.80. The molecule has 2 heterocycles. The molecule has 1 aliphatic heterocycles. The standard InChI is InChI=1S/C15H20N4O2S/c1-10-15(11(2)18-17-10)22(20,21)19-8-13(14(16)9-19)12-6-4-3-5-7-12/h3-7,13-14H,8-9,16H2,1-2H3,(H,17,18)/t13-,14+/m0/s1. The molecule has 7 heteroatoms. The molecule has 0 radical (unpaired) electrons. The van der Waals surface area contributed by atoms with Crippen LogP contribution in [0.4, 0.5) is 0 Å². The molecule has 1 aliphatic rings. The average molecular weight is 320 g/mol. The third kappa shape index (κ3) is 2.45. The van der Waals surface area contributed by atoms with E-state index in [0.717, 1.165) is 5.56 Å². The van der Waals surface area contributed by atoms with Gasteiger partial charge in [-0.15, -0.1) is 0 Å². The summed E-state index contributed by atoms with van der Waals surface area (Å²) in [6, 6.07) is 9.62. The molecule has 0 spiro atoms. The summed E-state index contributed by atoms with van der Waals surface area (Å²) in [6.45, 7) is 4.14. The minimum absolute atomic E-state index is 0.0171. The predicted molar refractivity (Wildman–Crippen MR) is 84.0 cm³/mol. The fraction of sp³-hybridized carbons (Fsp3) is 0.400. The van der Waals surface area contributed by atoms with E-state index in [4.69, 9.17) is 5.73 Å². The van der Waals surface area contributed by atoms with Crippen LogP contribution in [0.3, 0.4) is 0 Å². The minimum atomic E-state index is -3.57. The molecule has 0 amide bonds. The quantitative estimate of drug-likeness (QED) is 0.887. The Labute approximate surface area is 130 Å². The van der Waals surface area contributed by atoms with E-state index in [0.29, 0.717) is 24.5 Å². The van der Waals surface area contributed by atoms with Crippen molar-refractivity contribution >= 4 is 10.0 Å². The Morgan fingerprint density at radius 3 is 2.50 bits per heavy atom. The number of nitrogens with zero attached hydrogens (tertiary/aromatic N) is 2. The van der Waals surface area contributed by atoms with Gasteiger partial charge in [0, 0.05) is 25.0 Å². The first-order valence-corrected chi connectivity index (χ1v) is 8.67. The lowest BCUT2D eigenvalue weighted by Crippen LogP contribution is -2.32. The van der Waals surface area contributed by atoms with Gasteiger partial charge in [0.05, 0.1) is 11.4 Å². The van der Waals surface area contributed by atoms with Gasteiger partial charge in [-0.3, -0.25) is 5.10 Å². The summed E-state index contributed by atoms with van der Waals surface area (Å²) in [6.07, 6.45) is 0. The number of hydrogen-bond acceptors (Lipinski definition) is 4. The number of benzene rings is 1. The van der Waals surface area contributed by atoms with Crippen molar-refractivity contribution in [1.29, 1.82) is 0 Å². The summed E-state index contributed by atoms with van der Waals surface area (Å²) in [5.41, 5.74) is 8.33. The fourth-order valence-corrected chi connectivity index (χ4v) is 4.93. The average Bonchev–Trinajstić information content (AvgIpc) is 3.03. The number of nitrogens with one attached hydrogen (secondary N) is 1. The van der Waals surface area contributed by atoms with Crippen molar-refractivity contribution in [1.82, 2.24) is 14.5 Å². The van der Waals surface area contributed by atoms with Gasteiger partial charge in [-0.1, -0.05) is 30.3 Å². The van der Waals surface area contributed by atoms with Crippen LogP contribution in [0.25, 0.3) is 0 Å². The summed E-state index contributed by atoms with van der Waals surface area (Å²) >= 11 is 0. The molecule has 0 saturated carbocycles. The molecule has 0 bridgehead atoms. The summed E-state index contributed by atoms with van der Waals surface area (Å²) in [4.78, 5) is 0.272. The van der Waals surface area contributed by atoms with Crippen LogP contribution in [0.5, 0.6) is 0 Å². The van der Waals surface area contributed by atoms with Crippen molar-refractivity contribution < 1.29 is 8.42 Å². The Morgan fingerprint density at radius 1 is 1.23 bits per heavy atom. The first kappa shape index (κ1) is 15.2. The lowest BCUT2D eigenvalue weighted by Gasteiger charge is -2.16. The smallest absolute Gasteiger partial charge is 0.246 e. The van der Waals surface area contributed by atoms with Gasteiger partial charge in [0.1, 0.15) is 4.90 Å². The number of sulfonamides is 1. The lowest BCUT2D eigenvalue weighted by atomic mass is 9.95. The van der Waals surface area contributed by atoms with Crippen molar-refractivity contribution in [2.45, 2.75) is 30.7 Å². The number of H-pyrrole nitrogens is 1. The molecule has 22 heavy (non-hydrogen) atoms. The number of nitrogens with two attached hydrogens (primary N) is 1. The maximum Gasteiger partial charge on any atom is 0.246 e. The van der Waals surface area contributed by atoms with Gasteiger partial charge in [-0.05, 0) is 19.4 Å². The monoisotopic (exact) mass is 320 g/mol. The highest BCUT2D eigenvalue weighted by Crippen LogP contribution is 2.31. The van der Waals surface area contributed by atoms with Crippen molar-refractivity contribution in [3.05, 3.63) is 47.3 Å². The minimum Gasteiger partial charge on any atom is -0.326 e. The third-order valence-corrected chi connectivity index (χ3v) is 6.31. The van der Waals surface area contributed by atoms with Crippen LogP contribution in [-0.4, -0.2) is 42.1 Å². The van der Waals surface area contributed by atoms with Crippen LogP contribution >= 0.6 is 0 Å². The van der Waals surface area contributed by atoms with Gasteiger partial charge >= 0.3 is 0 Å². The van der Waals surface area contributed by atoms with E-state index in [2.05, 4.69) is 10.2 Å². The lowest BCUT2D eigenvalue weighted by molar-refractivity contribution is 0.469. The van der Waals surface area contributed by atoms with Crippen molar-refractivity contribution in [3.63, 3.8) is 0 Å². The van der Waals surface area contributed by atoms with Crippen molar-refractivity contribution in [3.8, 4) is 0 Å². The zero-order valence-electron chi connectivity index (χ0n) is 12.7. The maximum absolute atomic E-state index is 12.9. The van der Waals surface area contributed by atoms with E-state index < -0.39 is 10.0 Å². The summed E-state index contributed by atoms with van der Waals surface area (Å²) < 4.78 is 27.2. The fourth-order valence-electron chi connectivity index (χ4n) is 3.09. The second-order valence-corrected chi connectivity index (χ2v) is 7.64. The van der Waals surface area contributed by atoms with Gasteiger partial charge < -0.3 is 5.73 Å². The van der Waals surface area contributed by atoms with Crippen LogP contribution in [0.1, 0.15) is 22.9 Å². The van der Waals surface area contributed by atoms with Gasteiger partial charge in [-0.25, -0.2) is 8.42 Å². The van der Waals surface area contributed by atoms with Crippen LogP contribution < -0.4 is 5.73 Å². The highest BCUT2D eigenvalue weighted by atomic mass is 32.2. The SMILES string of the molecule is Cc1n[nH]c(C)c1S(=O)(=O)N1C[C@@H](N)[C@H](c2ccccc2)C1. The zero-order chi connectivity index (χ0) is 15.9. The van der Waals surface area contributed by atoms with E-state index in [9.17, 15) is 8.42 Å². The van der Waals surface area contributed by atoms with Gasteiger partial charge in [-0.2, -0.15) is 9.40 Å². The molecule has 1 aromatic heterocycles. The molecule has 3 rings (SSSR count). The van der Waals surface area contributed by atoms with Gasteiger partial charge in [0.2, 0.25) is 10.0 Å². The van der Waals surface area contributed by atoms with Crippen LogP contribution in [-0.2, 0) is 10.0 Å². The van der Waals surface area contributed by atoms with Crippen molar-refractivity contribution in [2.24, 2.45) is 5.73 Å². The highest BCUT2D eigenvalue weighted by molar-refractivity contribution is 7.89. The van der Waals surface area contributed by atoms with Crippen molar-refractivity contribution in [2.75, 3.05) is 13.1 Å². The van der Waals surface area contributed by atoms with Crippen LogP contribution in [0, 0.1) is 13.8 Å². The second kappa shape index (κ2) is 5.49. The first-order valence-electron chi connectivity index (χ1n) is 7.23. The Morgan fingerprint density at radius 2 is 1.91 bits per heavy atom. The number of rotatable bonds is 3. The molecule has 0 aliphatic carbocycles. The molecule has 6 nitrogen and oxygen atoms in total. The highest BCUT2D eigenvalue weighted by Gasteiger charge is 2.39. The molecule has 1 aromatic carbocycles. The van der Waals surface area contributed by atoms with E-state index >= 15 is 0 Å². The molecule has 2 aromatic rings. The van der Waals surface area contributed by atoms with Gasteiger partial charge in [0.15, 0.2) is 0 Å². The predicted octanol–water partition coefficient (Wildman–Crippen LogP) is 1.14. The summed E-state index contributed by atoms with van der Waals surface area (Å²) in [5.74, 6) is 0.0171. The molecule has 0 unspecified atom stereocenters. The largest absolute Gasteiger partial charge is 0.326 e. The molecule has 118 valence electrons. The molecule has 3 N–H and O–H groups in total. The van der Waals surface area contributed by atoms with E-state index in [1.54, 1.807) is 13.8 Å². The Hall–Kier alpha value is -1.70. The van der Waals surface area contributed by atoms with E-state index in [-0.39, 0.29) is 16.9 Å². The molecular weight excluding hydrogens is 300 g/mol. The van der Waals surface area contributed by atoms with E-state index in [1.165, 1.54) is 4.31 Å². The Bertz CT molecular complexity index is 751. The molecule has 1 saturated heterocycles. The van der Waals surface area contributed by atoms with E-state index in [1.807, 2.05) is 30.3 Å². The topological polar surface area (TPSA) is 92.1 Å². The zero-order valence-corrected chi connectivity index (χ0v) is 13.5. The third-order valence-electron chi connectivity index (χ3n) is 4.22. The Balaban J connectivity index is 1.91. The normalized spacial score (nSPS) is 23.0. The summed E-state index contributed by atoms with van der Waals surface area (Å²) in [7, 11) is -3.57. The van der Waals surface area contributed by atoms with Gasteiger partial charge in [0.25, 0.3) is 0 Å².